The van der Waals surface area contributed by atoms with Gasteiger partial charge in [0.2, 0.25) is 0 Å². The molecule has 0 unspecified atom stereocenters. The molecule has 0 heterocycles. The molecule has 90 valence electrons. The summed E-state index contributed by atoms with van der Waals surface area (Å²) in [7, 11) is 0. The van der Waals surface area contributed by atoms with Gasteiger partial charge < -0.3 is 10.6 Å². The van der Waals surface area contributed by atoms with Gasteiger partial charge in [-0.3, -0.25) is 0 Å². The summed E-state index contributed by atoms with van der Waals surface area (Å²) in [4.78, 5) is 0. The Balaban J connectivity index is 2.63. The van der Waals surface area contributed by atoms with Gasteiger partial charge >= 0.3 is 0 Å². The summed E-state index contributed by atoms with van der Waals surface area (Å²) in [6.07, 6.45) is 0. The number of nitrogens with zero attached hydrogens (tertiary/aromatic N) is 1. The van der Waals surface area contributed by atoms with E-state index in [-0.39, 0.29) is 0 Å². The molecule has 17 heavy (non-hydrogen) atoms. The number of nitrogens with one attached hydrogen (secondary N) is 2. The van der Waals surface area contributed by atoms with E-state index in [4.69, 9.17) is 17.5 Å². The van der Waals surface area contributed by atoms with E-state index in [2.05, 4.69) is 46.5 Å². The maximum atomic E-state index is 8.75. The van der Waals surface area contributed by atoms with Crippen LogP contribution in [0.5, 0.6) is 0 Å². The van der Waals surface area contributed by atoms with Gasteiger partial charge in [0, 0.05) is 11.0 Å². The fraction of sp³-hybridized carbons (Fsp3) is 0.333. The third-order valence-corrected chi connectivity index (χ3v) is 2.92. The Morgan fingerprint density at radius 1 is 1.53 bits per heavy atom. The van der Waals surface area contributed by atoms with Crippen LogP contribution in [-0.4, -0.2) is 11.7 Å². The highest BCUT2D eigenvalue weighted by atomic mass is 79.9. The summed E-state index contributed by atoms with van der Waals surface area (Å²) in [6, 6.07) is 7.41. The normalized spacial score (nSPS) is 9.82. The number of hydrogen-bond donors (Lipinski definition) is 2. The van der Waals surface area contributed by atoms with Crippen LogP contribution in [0.2, 0.25) is 0 Å². The maximum Gasteiger partial charge on any atom is 0.170 e. The number of nitriles is 1. The van der Waals surface area contributed by atoms with Gasteiger partial charge in [-0.25, -0.2) is 0 Å². The molecule has 1 aromatic rings. The summed E-state index contributed by atoms with van der Waals surface area (Å²) < 4.78 is 0.824. The standard InChI is InChI=1S/C12H14BrN3S/c1-8(2)7-15-12(17)16-11-4-3-9(6-14)5-10(11)13/h3-5,8H,7H2,1-2H3,(H2,15,16,17). The van der Waals surface area contributed by atoms with Crippen molar-refractivity contribution in [1.82, 2.24) is 5.32 Å². The van der Waals surface area contributed by atoms with E-state index in [1.807, 2.05) is 6.07 Å². The monoisotopic (exact) mass is 311 g/mol. The number of hydrogen-bond acceptors (Lipinski definition) is 2. The van der Waals surface area contributed by atoms with Crippen LogP contribution in [0.1, 0.15) is 19.4 Å². The highest BCUT2D eigenvalue weighted by Gasteiger charge is 2.03. The molecule has 0 bridgehead atoms. The molecule has 2 N–H and O–H groups in total. The number of anilines is 1. The Morgan fingerprint density at radius 2 is 2.24 bits per heavy atom. The lowest BCUT2D eigenvalue weighted by Crippen LogP contribution is -2.31. The zero-order chi connectivity index (χ0) is 12.8. The summed E-state index contributed by atoms with van der Waals surface area (Å²) >= 11 is 8.56. The van der Waals surface area contributed by atoms with Crippen molar-refractivity contribution in [2.75, 3.05) is 11.9 Å². The Labute approximate surface area is 115 Å². The molecule has 0 atom stereocenters. The van der Waals surface area contributed by atoms with E-state index in [1.165, 1.54) is 0 Å². The van der Waals surface area contributed by atoms with E-state index in [1.54, 1.807) is 12.1 Å². The fourth-order valence-corrected chi connectivity index (χ4v) is 1.82. The molecule has 3 nitrogen and oxygen atoms in total. The van der Waals surface area contributed by atoms with Gasteiger partial charge in [0.25, 0.3) is 0 Å². The third-order valence-electron chi connectivity index (χ3n) is 2.02. The fourth-order valence-electron chi connectivity index (χ4n) is 1.15. The van der Waals surface area contributed by atoms with Gasteiger partial charge in [-0.15, -0.1) is 0 Å². The molecule has 0 saturated heterocycles. The average molecular weight is 312 g/mol. The van der Waals surface area contributed by atoms with Crippen LogP contribution in [0.3, 0.4) is 0 Å². The quantitative estimate of drug-likeness (QED) is 0.841. The zero-order valence-corrected chi connectivity index (χ0v) is 12.2. The Bertz CT molecular complexity index is 452. The summed E-state index contributed by atoms with van der Waals surface area (Å²) in [5.41, 5.74) is 1.47. The van der Waals surface area contributed by atoms with E-state index >= 15 is 0 Å². The van der Waals surface area contributed by atoms with Crippen LogP contribution in [-0.2, 0) is 0 Å². The predicted octanol–water partition coefficient (Wildman–Crippen LogP) is 3.26. The Kier molecular flexibility index (Phi) is 5.39. The molecule has 0 amide bonds. The Hall–Kier alpha value is -1.12. The van der Waals surface area contributed by atoms with Crippen LogP contribution < -0.4 is 10.6 Å². The molecule has 0 radical (unpaired) electrons. The zero-order valence-electron chi connectivity index (χ0n) is 9.75. The number of rotatable bonds is 3. The number of thiocarbonyl (C=S) groups is 1. The summed E-state index contributed by atoms with van der Waals surface area (Å²) in [5, 5.41) is 15.5. The number of halogens is 1. The largest absolute Gasteiger partial charge is 0.362 e. The lowest BCUT2D eigenvalue weighted by molar-refractivity contribution is 0.627. The van der Waals surface area contributed by atoms with Gasteiger partial charge in [0.15, 0.2) is 5.11 Å². The molecule has 0 aliphatic heterocycles. The first kappa shape index (κ1) is 13.9. The van der Waals surface area contributed by atoms with Crippen LogP contribution in [0, 0.1) is 17.2 Å². The second-order valence-corrected chi connectivity index (χ2v) is 5.30. The van der Waals surface area contributed by atoms with Gasteiger partial charge in [0.1, 0.15) is 0 Å². The molecule has 0 fully saturated rings. The second-order valence-electron chi connectivity index (χ2n) is 4.04. The number of benzene rings is 1. The molecule has 0 aromatic heterocycles. The van der Waals surface area contributed by atoms with E-state index in [0.29, 0.717) is 16.6 Å². The molecule has 0 aliphatic carbocycles. The second kappa shape index (κ2) is 6.58. The average Bonchev–Trinajstić information content (AvgIpc) is 2.29. The molecular weight excluding hydrogens is 298 g/mol. The molecule has 0 saturated carbocycles. The van der Waals surface area contributed by atoms with Crippen LogP contribution in [0.25, 0.3) is 0 Å². The van der Waals surface area contributed by atoms with Gasteiger partial charge in [-0.05, 0) is 52.3 Å². The van der Waals surface area contributed by atoms with Gasteiger partial charge in [-0.1, -0.05) is 13.8 Å². The molecule has 0 aliphatic rings. The lowest BCUT2D eigenvalue weighted by atomic mass is 10.2. The van der Waals surface area contributed by atoms with Crippen molar-refractivity contribution >= 4 is 38.9 Å². The Morgan fingerprint density at radius 3 is 2.76 bits per heavy atom. The minimum Gasteiger partial charge on any atom is -0.362 e. The van der Waals surface area contributed by atoms with Crippen molar-refractivity contribution in [1.29, 1.82) is 5.26 Å². The van der Waals surface area contributed by atoms with Crippen molar-refractivity contribution < 1.29 is 0 Å². The first-order chi connectivity index (χ1) is 8.02. The first-order valence-electron chi connectivity index (χ1n) is 5.27. The van der Waals surface area contributed by atoms with Gasteiger partial charge in [-0.2, -0.15) is 5.26 Å². The van der Waals surface area contributed by atoms with E-state index in [9.17, 15) is 0 Å². The predicted molar refractivity (Wildman–Crippen MR) is 77.9 cm³/mol. The third kappa shape index (κ3) is 4.72. The summed E-state index contributed by atoms with van der Waals surface area (Å²) in [5.74, 6) is 0.541. The van der Waals surface area contributed by atoms with Crippen molar-refractivity contribution in [2.45, 2.75) is 13.8 Å². The summed E-state index contributed by atoms with van der Waals surface area (Å²) in [6.45, 7) is 5.07. The minimum absolute atomic E-state index is 0.541. The van der Waals surface area contributed by atoms with Crippen LogP contribution >= 0.6 is 28.1 Å². The van der Waals surface area contributed by atoms with Crippen molar-refractivity contribution in [3.63, 3.8) is 0 Å². The van der Waals surface area contributed by atoms with Crippen molar-refractivity contribution in [3.8, 4) is 6.07 Å². The molecule has 0 spiro atoms. The topological polar surface area (TPSA) is 47.8 Å². The highest BCUT2D eigenvalue weighted by molar-refractivity contribution is 9.10. The van der Waals surface area contributed by atoms with Crippen LogP contribution in [0.15, 0.2) is 22.7 Å². The first-order valence-corrected chi connectivity index (χ1v) is 6.47. The maximum absolute atomic E-state index is 8.75. The van der Waals surface area contributed by atoms with Crippen LogP contribution in [0.4, 0.5) is 5.69 Å². The van der Waals surface area contributed by atoms with Crippen molar-refractivity contribution in [2.24, 2.45) is 5.92 Å². The van der Waals surface area contributed by atoms with E-state index in [0.717, 1.165) is 16.7 Å². The molecule has 5 heteroatoms. The lowest BCUT2D eigenvalue weighted by Gasteiger charge is -2.13. The molecule has 1 aromatic carbocycles. The molecule has 1 rings (SSSR count). The van der Waals surface area contributed by atoms with E-state index < -0.39 is 0 Å². The smallest absolute Gasteiger partial charge is 0.170 e. The molecular formula is C12H14BrN3S. The minimum atomic E-state index is 0.541. The highest BCUT2D eigenvalue weighted by Crippen LogP contribution is 2.23. The SMILES string of the molecule is CC(C)CNC(=S)Nc1ccc(C#N)cc1Br. The van der Waals surface area contributed by atoms with Crippen molar-refractivity contribution in [3.05, 3.63) is 28.2 Å². The van der Waals surface area contributed by atoms with Gasteiger partial charge in [0.05, 0.1) is 17.3 Å².